The van der Waals surface area contributed by atoms with E-state index in [0.717, 1.165) is 12.1 Å². The molecule has 4 nitrogen and oxygen atoms in total. The van der Waals surface area contributed by atoms with Crippen LogP contribution in [0.1, 0.15) is 11.1 Å². The summed E-state index contributed by atoms with van der Waals surface area (Å²) in [5, 5.41) is 2.81. The fraction of sp³-hybridized carbons (Fsp3) is 0.214. The van der Waals surface area contributed by atoms with Gasteiger partial charge in [-0.15, -0.1) is 0 Å². The van der Waals surface area contributed by atoms with Crippen LogP contribution in [0.25, 0.3) is 0 Å². The Morgan fingerprint density at radius 2 is 1.90 bits per heavy atom. The molecule has 3 N–H and O–H groups in total. The lowest BCUT2D eigenvalue weighted by atomic mass is 10.1. The van der Waals surface area contributed by atoms with Crippen molar-refractivity contribution in [1.29, 1.82) is 0 Å². The molecule has 0 aliphatic heterocycles. The summed E-state index contributed by atoms with van der Waals surface area (Å²) in [6, 6.07) is 6.58. The predicted molar refractivity (Wildman–Crippen MR) is 74.7 cm³/mol. The topological polar surface area (TPSA) is 60.2 Å². The Bertz CT molecular complexity index is 656. The van der Waals surface area contributed by atoms with Gasteiger partial charge in [0.15, 0.2) is 5.82 Å². The maximum absolute atomic E-state index is 12.7. The first kappa shape index (κ1) is 15.0. The number of aromatic nitrogens is 1. The van der Waals surface area contributed by atoms with Crippen LogP contribution in [-0.4, -0.2) is 12.1 Å². The third-order valence-electron chi connectivity index (χ3n) is 2.93. The molecule has 0 bridgehead atoms. The van der Waals surface area contributed by atoms with Crippen LogP contribution in [0.2, 0.25) is 0 Å². The molecule has 0 aliphatic carbocycles. The Labute approximate surface area is 119 Å². The van der Waals surface area contributed by atoms with Crippen molar-refractivity contribution in [2.24, 2.45) is 0 Å². The largest absolute Gasteiger partial charge is 0.481 e. The van der Waals surface area contributed by atoms with Crippen LogP contribution in [-0.2, 0) is 6.18 Å². The number of nitrogen functional groups attached to an aromatic ring is 1. The average Bonchev–Trinajstić information content (AvgIpc) is 2.42. The fourth-order valence-electron chi connectivity index (χ4n) is 1.73. The van der Waals surface area contributed by atoms with Crippen molar-refractivity contribution < 1.29 is 17.9 Å². The van der Waals surface area contributed by atoms with E-state index >= 15 is 0 Å². The van der Waals surface area contributed by atoms with Gasteiger partial charge in [-0.05, 0) is 30.7 Å². The number of rotatable bonds is 3. The molecule has 0 amide bonds. The van der Waals surface area contributed by atoms with Crippen LogP contribution in [0.15, 0.2) is 30.3 Å². The molecule has 0 saturated heterocycles. The molecule has 0 fully saturated rings. The highest BCUT2D eigenvalue weighted by molar-refractivity contribution is 5.71. The highest BCUT2D eigenvalue weighted by Crippen LogP contribution is 2.33. The number of hydrogen-bond acceptors (Lipinski definition) is 4. The number of anilines is 3. The summed E-state index contributed by atoms with van der Waals surface area (Å²) >= 11 is 0. The van der Waals surface area contributed by atoms with Crippen molar-refractivity contribution in [3.63, 3.8) is 0 Å². The van der Waals surface area contributed by atoms with Gasteiger partial charge in [-0.3, -0.25) is 0 Å². The summed E-state index contributed by atoms with van der Waals surface area (Å²) in [7, 11) is 1.44. The van der Waals surface area contributed by atoms with Gasteiger partial charge < -0.3 is 15.8 Å². The van der Waals surface area contributed by atoms with Gasteiger partial charge in [0.2, 0.25) is 5.88 Å². The standard InChI is InChI=1S/C14H14F3N3O/c1-8-3-4-9(14(15,16)17)7-11(8)19-13-10(18)5-6-12(20-13)21-2/h3-7H,18H2,1-2H3,(H,19,20). The van der Waals surface area contributed by atoms with Gasteiger partial charge in [0.25, 0.3) is 0 Å². The molecular formula is C14H14F3N3O. The molecule has 21 heavy (non-hydrogen) atoms. The maximum Gasteiger partial charge on any atom is 0.416 e. The molecule has 2 aromatic rings. The molecule has 112 valence electrons. The van der Waals surface area contributed by atoms with Crippen LogP contribution in [0, 0.1) is 6.92 Å². The lowest BCUT2D eigenvalue weighted by Gasteiger charge is -2.14. The average molecular weight is 297 g/mol. The van der Waals surface area contributed by atoms with E-state index in [4.69, 9.17) is 10.5 Å². The van der Waals surface area contributed by atoms with E-state index in [1.54, 1.807) is 19.1 Å². The molecule has 1 heterocycles. The van der Waals surface area contributed by atoms with Crippen molar-refractivity contribution in [2.45, 2.75) is 13.1 Å². The SMILES string of the molecule is COc1ccc(N)c(Nc2cc(C(F)(F)F)ccc2C)n1. The number of hydrogen-bond donors (Lipinski definition) is 2. The molecular weight excluding hydrogens is 283 g/mol. The van der Waals surface area contributed by atoms with Crippen LogP contribution in [0.5, 0.6) is 5.88 Å². The number of alkyl halides is 3. The van der Waals surface area contributed by atoms with Gasteiger partial charge in [0, 0.05) is 11.8 Å². The lowest BCUT2D eigenvalue weighted by Crippen LogP contribution is -2.07. The van der Waals surface area contributed by atoms with Gasteiger partial charge in [-0.1, -0.05) is 6.07 Å². The van der Waals surface area contributed by atoms with E-state index in [0.29, 0.717) is 17.1 Å². The first-order valence-electron chi connectivity index (χ1n) is 6.06. The summed E-state index contributed by atoms with van der Waals surface area (Å²) in [4.78, 5) is 4.08. The number of methoxy groups -OCH3 is 1. The first-order valence-corrected chi connectivity index (χ1v) is 6.06. The Morgan fingerprint density at radius 3 is 2.52 bits per heavy atom. The molecule has 0 radical (unpaired) electrons. The number of nitrogens with one attached hydrogen (secondary N) is 1. The molecule has 0 atom stereocenters. The van der Waals surface area contributed by atoms with Gasteiger partial charge in [-0.2, -0.15) is 18.2 Å². The van der Waals surface area contributed by atoms with E-state index in [9.17, 15) is 13.2 Å². The molecule has 2 rings (SSSR count). The number of pyridine rings is 1. The second-order valence-electron chi connectivity index (χ2n) is 4.44. The number of ether oxygens (including phenoxy) is 1. The maximum atomic E-state index is 12.7. The van der Waals surface area contributed by atoms with Crippen LogP contribution in [0.3, 0.4) is 0 Å². The Hall–Kier alpha value is -2.44. The third-order valence-corrected chi connectivity index (χ3v) is 2.93. The molecule has 0 aliphatic rings. The van der Waals surface area contributed by atoms with Crippen LogP contribution < -0.4 is 15.8 Å². The van der Waals surface area contributed by atoms with Crippen molar-refractivity contribution >= 4 is 17.2 Å². The Morgan fingerprint density at radius 1 is 1.19 bits per heavy atom. The summed E-state index contributed by atoms with van der Waals surface area (Å²) in [6.45, 7) is 1.69. The normalized spacial score (nSPS) is 11.3. The van der Waals surface area contributed by atoms with Crippen LogP contribution >= 0.6 is 0 Å². The quantitative estimate of drug-likeness (QED) is 0.906. The number of benzene rings is 1. The van der Waals surface area contributed by atoms with Crippen molar-refractivity contribution in [2.75, 3.05) is 18.2 Å². The predicted octanol–water partition coefficient (Wildman–Crippen LogP) is 3.74. The van der Waals surface area contributed by atoms with Gasteiger partial charge in [-0.25, -0.2) is 0 Å². The lowest BCUT2D eigenvalue weighted by molar-refractivity contribution is -0.137. The van der Waals surface area contributed by atoms with Gasteiger partial charge in [0.1, 0.15) is 0 Å². The molecule has 7 heteroatoms. The molecule has 1 aromatic carbocycles. The minimum absolute atomic E-state index is 0.247. The second-order valence-corrected chi connectivity index (χ2v) is 4.44. The number of halogens is 3. The highest BCUT2D eigenvalue weighted by Gasteiger charge is 2.30. The third kappa shape index (κ3) is 3.36. The number of nitrogens with two attached hydrogens (primary N) is 1. The fourth-order valence-corrected chi connectivity index (χ4v) is 1.73. The number of nitrogens with zero attached hydrogens (tertiary/aromatic N) is 1. The molecule has 1 aromatic heterocycles. The van der Waals surface area contributed by atoms with Crippen molar-refractivity contribution in [3.8, 4) is 5.88 Å². The van der Waals surface area contributed by atoms with Gasteiger partial charge in [0.05, 0.1) is 18.4 Å². The van der Waals surface area contributed by atoms with Crippen molar-refractivity contribution in [3.05, 3.63) is 41.5 Å². The summed E-state index contributed by atoms with van der Waals surface area (Å²) in [5.74, 6) is 0.563. The van der Waals surface area contributed by atoms with Crippen molar-refractivity contribution in [1.82, 2.24) is 4.98 Å². The zero-order chi connectivity index (χ0) is 15.6. The van der Waals surface area contributed by atoms with Gasteiger partial charge >= 0.3 is 6.18 Å². The monoisotopic (exact) mass is 297 g/mol. The van der Waals surface area contributed by atoms with E-state index < -0.39 is 11.7 Å². The highest BCUT2D eigenvalue weighted by atomic mass is 19.4. The van der Waals surface area contributed by atoms with Crippen LogP contribution in [0.4, 0.5) is 30.4 Å². The minimum Gasteiger partial charge on any atom is -0.481 e. The minimum atomic E-state index is -4.41. The Balaban J connectivity index is 2.39. The molecule has 0 unspecified atom stereocenters. The van der Waals surface area contributed by atoms with E-state index in [2.05, 4.69) is 10.3 Å². The number of aryl methyl sites for hydroxylation is 1. The zero-order valence-corrected chi connectivity index (χ0v) is 11.5. The summed E-state index contributed by atoms with van der Waals surface area (Å²) in [5.41, 5.74) is 6.27. The Kier molecular flexibility index (Phi) is 3.93. The summed E-state index contributed by atoms with van der Waals surface area (Å²) in [6.07, 6.45) is -4.41. The molecule has 0 saturated carbocycles. The van der Waals surface area contributed by atoms with E-state index in [1.165, 1.54) is 13.2 Å². The van der Waals surface area contributed by atoms with E-state index in [1.807, 2.05) is 0 Å². The molecule has 0 spiro atoms. The van der Waals surface area contributed by atoms with E-state index in [-0.39, 0.29) is 11.5 Å². The summed E-state index contributed by atoms with van der Waals surface area (Å²) < 4.78 is 43.2. The zero-order valence-electron chi connectivity index (χ0n) is 11.5. The smallest absolute Gasteiger partial charge is 0.416 e. The second kappa shape index (κ2) is 5.51. The first-order chi connectivity index (χ1) is 9.81.